The van der Waals surface area contributed by atoms with Crippen LogP contribution in [0.3, 0.4) is 0 Å². The van der Waals surface area contributed by atoms with Crippen LogP contribution in [0.2, 0.25) is 0 Å². The number of nitrogens with one attached hydrogen (secondary N) is 1. The first-order chi connectivity index (χ1) is 14.6. The number of piperidine rings is 1. The average molecular weight is 454 g/mol. The Morgan fingerprint density at radius 2 is 2.03 bits per heavy atom. The molecular formula is C19H27N5O6S. The van der Waals surface area contributed by atoms with E-state index in [-0.39, 0.29) is 19.0 Å². The molecule has 1 aromatic carbocycles. The molecule has 1 atom stereocenters. The van der Waals surface area contributed by atoms with Crippen molar-refractivity contribution in [3.05, 3.63) is 34.5 Å². The van der Waals surface area contributed by atoms with Gasteiger partial charge in [-0.15, -0.1) is 0 Å². The molecule has 2 heterocycles. The first kappa shape index (κ1) is 22.8. The standard InChI is InChI=1S/C19H27N5O6S/c1-22-18(13-6-5-9-23(11-13)31(4,27)28)21-24(19(22)26)12-17(25)20-15-10-14(29-2)7-8-16(15)30-3/h7-8,10,13H,5-6,9,11-12H2,1-4H3,(H,20,25). The van der Waals surface area contributed by atoms with Crippen LogP contribution in [-0.4, -0.2) is 66.5 Å². The van der Waals surface area contributed by atoms with Gasteiger partial charge in [-0.2, -0.15) is 5.10 Å². The Bertz CT molecular complexity index is 1120. The molecule has 12 heteroatoms. The number of carbonyl (C=O) groups is 1. The van der Waals surface area contributed by atoms with Gasteiger partial charge >= 0.3 is 5.69 Å². The fourth-order valence-corrected chi connectivity index (χ4v) is 4.57. The Morgan fingerprint density at radius 1 is 1.29 bits per heavy atom. The van der Waals surface area contributed by atoms with Gasteiger partial charge in [-0.1, -0.05) is 0 Å². The van der Waals surface area contributed by atoms with Crippen molar-refractivity contribution >= 4 is 21.6 Å². The molecule has 0 spiro atoms. The normalized spacial score (nSPS) is 17.4. The Kier molecular flexibility index (Phi) is 6.70. The molecule has 11 nitrogen and oxygen atoms in total. The van der Waals surface area contributed by atoms with Crippen LogP contribution in [0.1, 0.15) is 24.6 Å². The lowest BCUT2D eigenvalue weighted by molar-refractivity contribution is -0.117. The molecule has 1 amide bonds. The number of anilines is 1. The summed E-state index contributed by atoms with van der Waals surface area (Å²) in [7, 11) is 1.24. The van der Waals surface area contributed by atoms with Crippen molar-refractivity contribution in [2.24, 2.45) is 7.05 Å². The van der Waals surface area contributed by atoms with Gasteiger partial charge in [0.05, 0.1) is 26.2 Å². The maximum atomic E-state index is 12.6. The SMILES string of the molecule is COc1ccc(OC)c(NC(=O)Cn2nc(C3CCCN(S(C)(=O)=O)C3)n(C)c2=O)c1. The van der Waals surface area contributed by atoms with Crippen LogP contribution in [0.25, 0.3) is 0 Å². The number of methoxy groups -OCH3 is 2. The third-order valence-electron chi connectivity index (χ3n) is 5.27. The van der Waals surface area contributed by atoms with Gasteiger partial charge in [-0.25, -0.2) is 22.2 Å². The first-order valence-corrected chi connectivity index (χ1v) is 11.6. The number of hydrogen-bond donors (Lipinski definition) is 1. The second kappa shape index (κ2) is 9.10. The van der Waals surface area contributed by atoms with Gasteiger partial charge in [0, 0.05) is 32.1 Å². The Balaban J connectivity index is 1.78. The summed E-state index contributed by atoms with van der Waals surface area (Å²) in [5.74, 6) is 0.779. The van der Waals surface area contributed by atoms with Crippen molar-refractivity contribution in [2.45, 2.75) is 25.3 Å². The van der Waals surface area contributed by atoms with Gasteiger partial charge in [0.2, 0.25) is 15.9 Å². The zero-order valence-corrected chi connectivity index (χ0v) is 18.8. The number of rotatable bonds is 7. The quantitative estimate of drug-likeness (QED) is 0.642. The molecule has 1 aliphatic heterocycles. The maximum absolute atomic E-state index is 12.6. The summed E-state index contributed by atoms with van der Waals surface area (Å²) in [6, 6.07) is 4.98. The third-order valence-corrected chi connectivity index (χ3v) is 6.54. The lowest BCUT2D eigenvalue weighted by Gasteiger charge is -2.30. The molecule has 0 saturated carbocycles. The van der Waals surface area contributed by atoms with Gasteiger partial charge in [0.25, 0.3) is 0 Å². The van der Waals surface area contributed by atoms with Crippen molar-refractivity contribution in [1.82, 2.24) is 18.7 Å². The number of benzene rings is 1. The lowest BCUT2D eigenvalue weighted by Crippen LogP contribution is -2.39. The third kappa shape index (κ3) is 5.07. The highest BCUT2D eigenvalue weighted by molar-refractivity contribution is 7.88. The van der Waals surface area contributed by atoms with Gasteiger partial charge < -0.3 is 14.8 Å². The predicted octanol–water partition coefficient (Wildman–Crippen LogP) is 0.377. The van der Waals surface area contributed by atoms with Crippen LogP contribution < -0.4 is 20.5 Å². The number of hydrogen-bond acceptors (Lipinski definition) is 7. The van der Waals surface area contributed by atoms with Crippen LogP contribution in [0, 0.1) is 0 Å². The van der Waals surface area contributed by atoms with Crippen LogP contribution in [0.5, 0.6) is 11.5 Å². The highest BCUT2D eigenvalue weighted by Crippen LogP contribution is 2.29. The fraction of sp³-hybridized carbons (Fsp3) is 0.526. The van der Waals surface area contributed by atoms with Gasteiger partial charge in [-0.3, -0.25) is 9.36 Å². The van der Waals surface area contributed by atoms with E-state index >= 15 is 0 Å². The molecular weight excluding hydrogens is 426 g/mol. The second-order valence-corrected chi connectivity index (χ2v) is 9.41. The van der Waals surface area contributed by atoms with Crippen molar-refractivity contribution < 1.29 is 22.7 Å². The number of aromatic nitrogens is 3. The zero-order valence-electron chi connectivity index (χ0n) is 18.0. The van der Waals surface area contributed by atoms with E-state index in [0.717, 1.165) is 4.68 Å². The van der Waals surface area contributed by atoms with Crippen LogP contribution in [0.4, 0.5) is 5.69 Å². The van der Waals surface area contributed by atoms with Crippen LogP contribution in [0.15, 0.2) is 23.0 Å². The summed E-state index contributed by atoms with van der Waals surface area (Å²) in [4.78, 5) is 25.2. The molecule has 1 N–H and O–H groups in total. The molecule has 1 saturated heterocycles. The zero-order chi connectivity index (χ0) is 22.8. The molecule has 170 valence electrons. The Hall–Kier alpha value is -2.86. The molecule has 31 heavy (non-hydrogen) atoms. The average Bonchev–Trinajstić information content (AvgIpc) is 3.01. The molecule has 3 rings (SSSR count). The molecule has 0 bridgehead atoms. The topological polar surface area (TPSA) is 125 Å². The number of amides is 1. The predicted molar refractivity (Wildman–Crippen MR) is 114 cm³/mol. The smallest absolute Gasteiger partial charge is 0.346 e. The van der Waals surface area contributed by atoms with E-state index < -0.39 is 21.6 Å². The Morgan fingerprint density at radius 3 is 2.68 bits per heavy atom. The maximum Gasteiger partial charge on any atom is 0.346 e. The van der Waals surface area contributed by atoms with Gasteiger partial charge in [0.1, 0.15) is 23.9 Å². The van der Waals surface area contributed by atoms with E-state index in [1.165, 1.54) is 29.3 Å². The van der Waals surface area contributed by atoms with Crippen molar-refractivity contribution in [2.75, 3.05) is 38.9 Å². The highest BCUT2D eigenvalue weighted by atomic mass is 32.2. The van der Waals surface area contributed by atoms with Crippen molar-refractivity contribution in [3.8, 4) is 11.5 Å². The number of nitrogens with zero attached hydrogens (tertiary/aromatic N) is 4. The minimum atomic E-state index is -3.32. The summed E-state index contributed by atoms with van der Waals surface area (Å²) in [5, 5.41) is 7.04. The van der Waals surface area contributed by atoms with Crippen molar-refractivity contribution in [1.29, 1.82) is 0 Å². The molecule has 1 aliphatic rings. The first-order valence-electron chi connectivity index (χ1n) is 9.74. The molecule has 0 radical (unpaired) electrons. The number of ether oxygens (including phenoxy) is 2. The molecule has 1 unspecified atom stereocenters. The van der Waals surface area contributed by atoms with E-state index in [9.17, 15) is 18.0 Å². The highest BCUT2D eigenvalue weighted by Gasteiger charge is 2.30. The summed E-state index contributed by atoms with van der Waals surface area (Å²) in [6.45, 7) is 0.417. The lowest BCUT2D eigenvalue weighted by atomic mass is 9.99. The van der Waals surface area contributed by atoms with Crippen LogP contribution in [-0.2, 0) is 28.4 Å². The molecule has 1 aromatic heterocycles. The second-order valence-electron chi connectivity index (χ2n) is 7.43. The van der Waals surface area contributed by atoms with Gasteiger partial charge in [-0.05, 0) is 25.0 Å². The number of carbonyl (C=O) groups excluding carboxylic acids is 1. The van der Waals surface area contributed by atoms with Gasteiger partial charge in [0.15, 0.2) is 0 Å². The van der Waals surface area contributed by atoms with Crippen LogP contribution >= 0.6 is 0 Å². The summed E-state index contributed by atoms with van der Waals surface area (Å²) >= 11 is 0. The summed E-state index contributed by atoms with van der Waals surface area (Å²) in [6.07, 6.45) is 2.56. The summed E-state index contributed by atoms with van der Waals surface area (Å²) in [5.41, 5.74) is -0.0358. The summed E-state index contributed by atoms with van der Waals surface area (Å²) < 4.78 is 38.1. The minimum absolute atomic E-state index is 0.219. The van der Waals surface area contributed by atoms with Crippen molar-refractivity contribution in [3.63, 3.8) is 0 Å². The van der Waals surface area contributed by atoms with E-state index in [4.69, 9.17) is 9.47 Å². The van der Waals surface area contributed by atoms with E-state index in [1.54, 1.807) is 25.2 Å². The Labute approximate surface area is 180 Å². The fourth-order valence-electron chi connectivity index (χ4n) is 3.66. The van der Waals surface area contributed by atoms with E-state index in [1.807, 2.05) is 0 Å². The molecule has 2 aromatic rings. The molecule has 0 aliphatic carbocycles. The van der Waals surface area contributed by atoms with E-state index in [2.05, 4.69) is 10.4 Å². The number of sulfonamides is 1. The monoisotopic (exact) mass is 453 g/mol. The largest absolute Gasteiger partial charge is 0.497 e. The van der Waals surface area contributed by atoms with E-state index in [0.29, 0.717) is 42.4 Å². The molecule has 1 fully saturated rings. The minimum Gasteiger partial charge on any atom is -0.497 e.